The Morgan fingerprint density at radius 1 is 1.19 bits per heavy atom. The van der Waals surface area contributed by atoms with Crippen molar-refractivity contribution < 1.29 is 60.4 Å². The largest absolute Gasteiger partial charge is 1.00 e. The zero-order valence-corrected chi connectivity index (χ0v) is 10.8. The maximum absolute atomic E-state index is 11.8. The summed E-state index contributed by atoms with van der Waals surface area (Å²) in [6.07, 6.45) is -5.04. The maximum Gasteiger partial charge on any atom is 1.00 e. The van der Waals surface area contributed by atoms with Crippen LogP contribution >= 0.6 is 0 Å². The number of hydrogen-bond acceptors (Lipinski definition) is 4. The van der Waals surface area contributed by atoms with Gasteiger partial charge in [-0.3, -0.25) is 0 Å². The van der Waals surface area contributed by atoms with Crippen molar-refractivity contribution in [2.24, 2.45) is 0 Å². The van der Waals surface area contributed by atoms with E-state index in [1.54, 1.807) is 0 Å². The summed E-state index contributed by atoms with van der Waals surface area (Å²) >= 11 is 0. The number of halogens is 3. The first kappa shape index (κ1) is 15.7. The molecule has 0 radical (unpaired) electrons. The minimum Gasteiger partial charge on any atom is -0.744 e. The molecule has 0 saturated carbocycles. The summed E-state index contributed by atoms with van der Waals surface area (Å²) in [6, 6.07) is 3.73. The van der Waals surface area contributed by atoms with Crippen LogP contribution in [0, 0.1) is 0 Å². The SMILES string of the molecule is O=S(=O)([O-])c1ccccc1OC(F)(F)F.[Na+]. The van der Waals surface area contributed by atoms with Gasteiger partial charge in [-0.1, -0.05) is 12.1 Å². The molecule has 0 spiro atoms. The van der Waals surface area contributed by atoms with Gasteiger partial charge in [0.1, 0.15) is 15.9 Å². The normalized spacial score (nSPS) is 11.8. The van der Waals surface area contributed by atoms with Gasteiger partial charge < -0.3 is 9.29 Å². The smallest absolute Gasteiger partial charge is 0.744 e. The molecule has 0 aliphatic carbocycles. The summed E-state index contributed by atoms with van der Waals surface area (Å²) in [5.74, 6) is -1.03. The van der Waals surface area contributed by atoms with Gasteiger partial charge in [0.15, 0.2) is 0 Å². The molecule has 0 atom stereocenters. The van der Waals surface area contributed by atoms with Gasteiger partial charge in [0.2, 0.25) is 0 Å². The quantitative estimate of drug-likeness (QED) is 0.481. The molecule has 0 bridgehead atoms. The second-order valence-electron chi connectivity index (χ2n) is 2.45. The first-order valence-corrected chi connectivity index (χ1v) is 4.91. The molecule has 0 amide bonds. The maximum atomic E-state index is 11.8. The third-order valence-electron chi connectivity index (χ3n) is 1.34. The van der Waals surface area contributed by atoms with Crippen LogP contribution in [0.5, 0.6) is 5.75 Å². The van der Waals surface area contributed by atoms with Crippen LogP contribution < -0.4 is 34.3 Å². The van der Waals surface area contributed by atoms with E-state index in [0.717, 1.165) is 24.3 Å². The molecule has 84 valence electrons. The predicted molar refractivity (Wildman–Crippen MR) is 41.1 cm³/mol. The van der Waals surface area contributed by atoms with E-state index in [1.807, 2.05) is 0 Å². The Morgan fingerprint density at radius 3 is 2.12 bits per heavy atom. The average molecular weight is 264 g/mol. The summed E-state index contributed by atoms with van der Waals surface area (Å²) in [7, 11) is -4.98. The van der Waals surface area contributed by atoms with Crippen LogP contribution in [0.4, 0.5) is 13.2 Å². The Bertz CT molecular complexity index is 457. The zero-order valence-electron chi connectivity index (χ0n) is 7.98. The molecular formula is C7H4F3NaO4S. The molecule has 0 aliphatic heterocycles. The monoisotopic (exact) mass is 264 g/mol. The first-order valence-electron chi connectivity index (χ1n) is 3.51. The van der Waals surface area contributed by atoms with Crippen molar-refractivity contribution in [3.63, 3.8) is 0 Å². The molecule has 1 aromatic carbocycles. The van der Waals surface area contributed by atoms with Crippen LogP contribution in [0.3, 0.4) is 0 Å². The molecule has 9 heteroatoms. The second kappa shape index (κ2) is 5.37. The van der Waals surface area contributed by atoms with E-state index in [4.69, 9.17) is 0 Å². The second-order valence-corrected chi connectivity index (χ2v) is 3.80. The van der Waals surface area contributed by atoms with Crippen molar-refractivity contribution in [1.82, 2.24) is 0 Å². The summed E-state index contributed by atoms with van der Waals surface area (Å²) in [6.45, 7) is 0. The first-order chi connectivity index (χ1) is 6.70. The molecule has 0 unspecified atom stereocenters. The van der Waals surface area contributed by atoms with Crippen molar-refractivity contribution >= 4 is 10.1 Å². The topological polar surface area (TPSA) is 66.4 Å². The fraction of sp³-hybridized carbons (Fsp3) is 0.143. The molecule has 0 N–H and O–H groups in total. The molecule has 0 heterocycles. The molecule has 4 nitrogen and oxygen atoms in total. The number of hydrogen-bond donors (Lipinski definition) is 0. The summed E-state index contributed by atoms with van der Waals surface area (Å²) < 4.78 is 70.4. The Kier molecular flexibility index (Phi) is 5.27. The Labute approximate surface area is 111 Å². The van der Waals surface area contributed by atoms with Gasteiger partial charge in [-0.2, -0.15) is 0 Å². The fourth-order valence-corrected chi connectivity index (χ4v) is 1.47. The van der Waals surface area contributed by atoms with Crippen LogP contribution in [-0.4, -0.2) is 19.3 Å². The molecule has 0 fully saturated rings. The van der Waals surface area contributed by atoms with Crippen molar-refractivity contribution in [2.75, 3.05) is 0 Å². The van der Waals surface area contributed by atoms with E-state index >= 15 is 0 Å². The molecule has 1 rings (SSSR count). The van der Waals surface area contributed by atoms with E-state index < -0.39 is 27.1 Å². The van der Waals surface area contributed by atoms with Crippen molar-refractivity contribution in [3.8, 4) is 5.75 Å². The molecule has 0 saturated heterocycles. The van der Waals surface area contributed by atoms with Crippen molar-refractivity contribution in [3.05, 3.63) is 24.3 Å². The van der Waals surface area contributed by atoms with Gasteiger partial charge in [-0.05, 0) is 12.1 Å². The van der Waals surface area contributed by atoms with Crippen LogP contribution in [-0.2, 0) is 10.1 Å². The van der Waals surface area contributed by atoms with Gasteiger partial charge in [-0.15, -0.1) is 13.2 Å². The number of benzene rings is 1. The van der Waals surface area contributed by atoms with E-state index in [2.05, 4.69) is 4.74 Å². The van der Waals surface area contributed by atoms with Gasteiger partial charge in [0.25, 0.3) is 0 Å². The van der Waals surface area contributed by atoms with Crippen molar-refractivity contribution in [2.45, 2.75) is 11.3 Å². The summed E-state index contributed by atoms with van der Waals surface area (Å²) in [4.78, 5) is -1.04. The Hall–Kier alpha value is -0.280. The molecule has 1 aromatic rings. The Morgan fingerprint density at radius 2 is 1.69 bits per heavy atom. The van der Waals surface area contributed by atoms with Crippen molar-refractivity contribution in [1.29, 1.82) is 0 Å². The standard InChI is InChI=1S/C7H5F3O4S.Na/c8-7(9,10)14-5-3-1-2-4-6(5)15(11,12)13;/h1-4H,(H,11,12,13);/q;+1/p-1. The number of para-hydroxylation sites is 1. The van der Waals surface area contributed by atoms with E-state index in [0.29, 0.717) is 0 Å². The van der Waals surface area contributed by atoms with Crippen LogP contribution in [0.15, 0.2) is 29.2 Å². The third kappa shape index (κ3) is 4.71. The van der Waals surface area contributed by atoms with Crippen LogP contribution in [0.2, 0.25) is 0 Å². The Balaban J connectivity index is 0.00000225. The molecule has 0 aromatic heterocycles. The summed E-state index contributed by atoms with van der Waals surface area (Å²) in [5, 5.41) is 0. The minimum atomic E-state index is -5.04. The average Bonchev–Trinajstić information content (AvgIpc) is 1.99. The number of ether oxygens (including phenoxy) is 1. The predicted octanol–water partition coefficient (Wildman–Crippen LogP) is -1.51. The van der Waals surface area contributed by atoms with Gasteiger partial charge >= 0.3 is 35.9 Å². The number of rotatable bonds is 2. The van der Waals surface area contributed by atoms with Crippen LogP contribution in [0.25, 0.3) is 0 Å². The van der Waals surface area contributed by atoms with Gasteiger partial charge in [-0.25, -0.2) is 8.42 Å². The van der Waals surface area contributed by atoms with E-state index in [1.165, 1.54) is 0 Å². The van der Waals surface area contributed by atoms with Crippen LogP contribution in [0.1, 0.15) is 0 Å². The summed E-state index contributed by atoms with van der Waals surface area (Å²) in [5.41, 5.74) is 0. The van der Waals surface area contributed by atoms with E-state index in [-0.39, 0.29) is 29.6 Å². The molecular weight excluding hydrogens is 260 g/mol. The molecule has 16 heavy (non-hydrogen) atoms. The fourth-order valence-electron chi connectivity index (χ4n) is 0.866. The molecule has 0 aliphatic rings. The van der Waals surface area contributed by atoms with E-state index in [9.17, 15) is 26.1 Å². The third-order valence-corrected chi connectivity index (χ3v) is 2.22. The van der Waals surface area contributed by atoms with Gasteiger partial charge in [0.05, 0.1) is 4.90 Å². The minimum absolute atomic E-state index is 0. The number of alkyl halides is 3. The zero-order chi connectivity index (χ0) is 11.7. The van der Waals surface area contributed by atoms with Gasteiger partial charge in [0, 0.05) is 0 Å².